The molecule has 0 spiro atoms. The molecule has 0 saturated carbocycles. The normalized spacial score (nSPS) is 13.2. The van der Waals surface area contributed by atoms with Crippen LogP contribution in [0.1, 0.15) is 5.56 Å². The van der Waals surface area contributed by atoms with Gasteiger partial charge in [0, 0.05) is 21.2 Å². The zero-order valence-corrected chi connectivity index (χ0v) is 11.2. The van der Waals surface area contributed by atoms with Crippen molar-refractivity contribution < 1.29 is 0 Å². The SMILES string of the molecule is Nc1nc2c(c(-c3ccccc3I)n1)CCN2. The van der Waals surface area contributed by atoms with E-state index in [4.69, 9.17) is 5.73 Å². The summed E-state index contributed by atoms with van der Waals surface area (Å²) in [5, 5.41) is 3.24. The van der Waals surface area contributed by atoms with Gasteiger partial charge in [-0.15, -0.1) is 0 Å². The third kappa shape index (κ3) is 1.84. The Morgan fingerprint density at radius 3 is 2.88 bits per heavy atom. The van der Waals surface area contributed by atoms with Gasteiger partial charge in [0.15, 0.2) is 0 Å². The van der Waals surface area contributed by atoms with Crippen molar-refractivity contribution in [3.63, 3.8) is 0 Å². The summed E-state index contributed by atoms with van der Waals surface area (Å²) in [4.78, 5) is 8.62. The number of hydrogen-bond acceptors (Lipinski definition) is 4. The molecule has 0 aliphatic carbocycles. The summed E-state index contributed by atoms with van der Waals surface area (Å²) >= 11 is 2.32. The quantitative estimate of drug-likeness (QED) is 0.784. The monoisotopic (exact) mass is 338 g/mol. The molecule has 0 atom stereocenters. The van der Waals surface area contributed by atoms with Gasteiger partial charge in [-0.05, 0) is 35.1 Å². The van der Waals surface area contributed by atoms with E-state index in [0.29, 0.717) is 5.95 Å². The molecular formula is C12H11IN4. The highest BCUT2D eigenvalue weighted by atomic mass is 127. The third-order valence-corrected chi connectivity index (χ3v) is 3.76. The lowest BCUT2D eigenvalue weighted by atomic mass is 10.1. The summed E-state index contributed by atoms with van der Waals surface area (Å²) < 4.78 is 1.18. The highest BCUT2D eigenvalue weighted by molar-refractivity contribution is 14.1. The lowest BCUT2D eigenvalue weighted by Gasteiger charge is -2.09. The molecule has 1 aliphatic heterocycles. The minimum absolute atomic E-state index is 0.327. The van der Waals surface area contributed by atoms with Crippen LogP contribution in [0.5, 0.6) is 0 Å². The van der Waals surface area contributed by atoms with Crippen LogP contribution in [0, 0.1) is 3.57 Å². The molecule has 0 radical (unpaired) electrons. The smallest absolute Gasteiger partial charge is 0.222 e. The topological polar surface area (TPSA) is 63.8 Å². The Hall–Kier alpha value is -1.37. The van der Waals surface area contributed by atoms with Crippen LogP contribution in [-0.4, -0.2) is 16.5 Å². The van der Waals surface area contributed by atoms with E-state index in [1.807, 2.05) is 12.1 Å². The number of nitrogen functional groups attached to an aromatic ring is 1. The van der Waals surface area contributed by atoms with Gasteiger partial charge in [-0.1, -0.05) is 18.2 Å². The lowest BCUT2D eigenvalue weighted by molar-refractivity contribution is 1.09. The number of nitrogens with zero attached hydrogens (tertiary/aromatic N) is 2. The number of nitrogens with two attached hydrogens (primary N) is 1. The van der Waals surface area contributed by atoms with Crippen LogP contribution < -0.4 is 11.1 Å². The van der Waals surface area contributed by atoms with Crippen LogP contribution in [0.4, 0.5) is 11.8 Å². The Kier molecular flexibility index (Phi) is 2.62. The molecule has 1 aromatic heterocycles. The molecule has 5 heteroatoms. The van der Waals surface area contributed by atoms with Gasteiger partial charge in [-0.2, -0.15) is 4.98 Å². The Morgan fingerprint density at radius 2 is 2.06 bits per heavy atom. The Labute approximate surface area is 113 Å². The number of aromatic nitrogens is 2. The summed E-state index contributed by atoms with van der Waals surface area (Å²) in [5.74, 6) is 1.21. The molecule has 0 unspecified atom stereocenters. The lowest BCUT2D eigenvalue weighted by Crippen LogP contribution is -2.02. The van der Waals surface area contributed by atoms with Crippen molar-refractivity contribution in [2.45, 2.75) is 6.42 Å². The van der Waals surface area contributed by atoms with E-state index >= 15 is 0 Å². The van der Waals surface area contributed by atoms with E-state index < -0.39 is 0 Å². The van der Waals surface area contributed by atoms with Gasteiger partial charge in [-0.3, -0.25) is 0 Å². The first-order chi connectivity index (χ1) is 8.25. The fraction of sp³-hybridized carbons (Fsp3) is 0.167. The predicted octanol–water partition coefficient (Wildman–Crippen LogP) is 2.30. The fourth-order valence-corrected chi connectivity index (χ4v) is 2.71. The van der Waals surface area contributed by atoms with Crippen molar-refractivity contribution in [3.8, 4) is 11.3 Å². The van der Waals surface area contributed by atoms with Gasteiger partial charge in [0.2, 0.25) is 5.95 Å². The zero-order chi connectivity index (χ0) is 11.8. The van der Waals surface area contributed by atoms with Crippen LogP contribution in [0.2, 0.25) is 0 Å². The standard InChI is InChI=1S/C12H11IN4/c13-9-4-2-1-3-7(9)10-8-5-6-15-11(8)17-12(14)16-10/h1-4H,5-6H2,(H3,14,15,16,17). The number of hydrogen-bond donors (Lipinski definition) is 2. The van der Waals surface area contributed by atoms with Gasteiger partial charge >= 0.3 is 0 Å². The summed E-state index contributed by atoms with van der Waals surface area (Å²) in [6.45, 7) is 0.907. The maximum atomic E-state index is 5.75. The molecule has 3 rings (SSSR count). The number of halogens is 1. The second kappa shape index (κ2) is 4.14. The van der Waals surface area contributed by atoms with Crippen LogP contribution in [0.25, 0.3) is 11.3 Å². The minimum Gasteiger partial charge on any atom is -0.369 e. The average molecular weight is 338 g/mol. The first kappa shape index (κ1) is 10.8. The maximum Gasteiger partial charge on any atom is 0.222 e. The Morgan fingerprint density at radius 1 is 1.24 bits per heavy atom. The second-order valence-corrected chi connectivity index (χ2v) is 5.08. The molecule has 0 amide bonds. The van der Waals surface area contributed by atoms with Crippen molar-refractivity contribution in [1.29, 1.82) is 0 Å². The number of anilines is 2. The summed E-state index contributed by atoms with van der Waals surface area (Å²) in [6, 6.07) is 8.18. The molecule has 4 nitrogen and oxygen atoms in total. The van der Waals surface area contributed by atoms with Crippen LogP contribution in [0.3, 0.4) is 0 Å². The summed E-state index contributed by atoms with van der Waals surface area (Å²) in [5.41, 5.74) is 9.01. The number of rotatable bonds is 1. The van der Waals surface area contributed by atoms with Crippen molar-refractivity contribution in [2.75, 3.05) is 17.6 Å². The van der Waals surface area contributed by atoms with Crippen LogP contribution in [0.15, 0.2) is 24.3 Å². The minimum atomic E-state index is 0.327. The molecule has 2 aromatic rings. The van der Waals surface area contributed by atoms with E-state index in [9.17, 15) is 0 Å². The molecule has 17 heavy (non-hydrogen) atoms. The van der Waals surface area contributed by atoms with E-state index in [-0.39, 0.29) is 0 Å². The van der Waals surface area contributed by atoms with E-state index in [2.05, 4.69) is 50.0 Å². The van der Waals surface area contributed by atoms with Gasteiger partial charge in [0.05, 0.1) is 5.69 Å². The Balaban J connectivity index is 2.25. The largest absolute Gasteiger partial charge is 0.369 e. The first-order valence-corrected chi connectivity index (χ1v) is 6.49. The maximum absolute atomic E-state index is 5.75. The number of fused-ring (bicyclic) bond motifs is 1. The molecule has 3 N–H and O–H groups in total. The highest BCUT2D eigenvalue weighted by Crippen LogP contribution is 2.32. The van der Waals surface area contributed by atoms with E-state index in [1.165, 1.54) is 9.13 Å². The predicted molar refractivity (Wildman–Crippen MR) is 76.8 cm³/mol. The molecule has 1 aliphatic rings. The van der Waals surface area contributed by atoms with Crippen molar-refractivity contribution >= 4 is 34.4 Å². The molecule has 86 valence electrons. The summed E-state index contributed by atoms with van der Waals surface area (Å²) in [7, 11) is 0. The van der Waals surface area contributed by atoms with E-state index in [1.54, 1.807) is 0 Å². The second-order valence-electron chi connectivity index (χ2n) is 3.91. The molecule has 0 saturated heterocycles. The van der Waals surface area contributed by atoms with Gasteiger partial charge < -0.3 is 11.1 Å². The van der Waals surface area contributed by atoms with Gasteiger partial charge in [0.25, 0.3) is 0 Å². The first-order valence-electron chi connectivity index (χ1n) is 5.41. The average Bonchev–Trinajstić information content (AvgIpc) is 2.76. The molecule has 0 fully saturated rings. The number of nitrogens with one attached hydrogen (secondary N) is 1. The molecule has 2 heterocycles. The number of benzene rings is 1. The molecule has 0 bridgehead atoms. The molecular weight excluding hydrogens is 327 g/mol. The van der Waals surface area contributed by atoms with Crippen molar-refractivity contribution in [1.82, 2.24) is 9.97 Å². The van der Waals surface area contributed by atoms with Gasteiger partial charge in [-0.25, -0.2) is 4.98 Å². The van der Waals surface area contributed by atoms with E-state index in [0.717, 1.165) is 30.0 Å². The van der Waals surface area contributed by atoms with Crippen LogP contribution in [-0.2, 0) is 6.42 Å². The zero-order valence-electron chi connectivity index (χ0n) is 9.07. The van der Waals surface area contributed by atoms with Crippen LogP contribution >= 0.6 is 22.6 Å². The van der Waals surface area contributed by atoms with Crippen molar-refractivity contribution in [2.24, 2.45) is 0 Å². The molecule has 1 aromatic carbocycles. The Bertz CT molecular complexity index is 583. The third-order valence-electron chi connectivity index (χ3n) is 2.82. The highest BCUT2D eigenvalue weighted by Gasteiger charge is 2.20. The van der Waals surface area contributed by atoms with Gasteiger partial charge in [0.1, 0.15) is 5.82 Å². The fourth-order valence-electron chi connectivity index (χ4n) is 2.07. The van der Waals surface area contributed by atoms with Crippen molar-refractivity contribution in [3.05, 3.63) is 33.4 Å². The summed E-state index contributed by atoms with van der Waals surface area (Å²) in [6.07, 6.45) is 0.954.